The third-order valence-electron chi connectivity index (χ3n) is 3.56. The van der Waals surface area contributed by atoms with E-state index in [4.69, 9.17) is 4.74 Å². The maximum absolute atomic E-state index is 11.8. The highest BCUT2D eigenvalue weighted by Gasteiger charge is 2.24. The van der Waals surface area contributed by atoms with Gasteiger partial charge in [0.05, 0.1) is 0 Å². The second kappa shape index (κ2) is 7.27. The fourth-order valence-electron chi connectivity index (χ4n) is 2.42. The molecule has 1 aromatic carbocycles. The molecule has 122 valence electrons. The SMILES string of the molecule is CC1SCCC1Nc1ccccc1CNC(=O)OC(C)(C)C. The summed E-state index contributed by atoms with van der Waals surface area (Å²) in [7, 11) is 0. The molecule has 1 aliphatic heterocycles. The maximum atomic E-state index is 11.8. The monoisotopic (exact) mass is 322 g/mol. The van der Waals surface area contributed by atoms with Crippen molar-refractivity contribution in [2.24, 2.45) is 0 Å². The Morgan fingerprint density at radius 3 is 2.73 bits per heavy atom. The molecule has 1 heterocycles. The number of alkyl carbamates (subject to hydrolysis) is 1. The minimum absolute atomic E-state index is 0.382. The minimum atomic E-state index is -0.474. The van der Waals surface area contributed by atoms with Crippen molar-refractivity contribution in [1.82, 2.24) is 5.32 Å². The van der Waals surface area contributed by atoms with Crippen LogP contribution in [0.4, 0.5) is 10.5 Å². The van der Waals surface area contributed by atoms with Gasteiger partial charge < -0.3 is 15.4 Å². The number of para-hydroxylation sites is 1. The first kappa shape index (κ1) is 17.0. The van der Waals surface area contributed by atoms with Crippen molar-refractivity contribution in [3.63, 3.8) is 0 Å². The number of hydrogen-bond donors (Lipinski definition) is 2. The lowest BCUT2D eigenvalue weighted by atomic mass is 10.1. The summed E-state index contributed by atoms with van der Waals surface area (Å²) in [5.74, 6) is 1.21. The number of nitrogens with one attached hydrogen (secondary N) is 2. The van der Waals surface area contributed by atoms with E-state index in [0.29, 0.717) is 17.8 Å². The van der Waals surface area contributed by atoms with Gasteiger partial charge >= 0.3 is 6.09 Å². The largest absolute Gasteiger partial charge is 0.444 e. The van der Waals surface area contributed by atoms with Crippen LogP contribution in [0.2, 0.25) is 0 Å². The lowest BCUT2D eigenvalue weighted by Crippen LogP contribution is -2.32. The first-order chi connectivity index (χ1) is 10.3. The number of carbonyl (C=O) groups is 1. The number of hydrogen-bond acceptors (Lipinski definition) is 4. The summed E-state index contributed by atoms with van der Waals surface area (Å²) in [4.78, 5) is 11.8. The van der Waals surface area contributed by atoms with Gasteiger partial charge in [-0.3, -0.25) is 0 Å². The highest BCUT2D eigenvalue weighted by molar-refractivity contribution is 8.00. The number of benzene rings is 1. The topological polar surface area (TPSA) is 50.4 Å². The van der Waals surface area contributed by atoms with Crippen LogP contribution in [0, 0.1) is 0 Å². The van der Waals surface area contributed by atoms with E-state index >= 15 is 0 Å². The number of carbonyl (C=O) groups excluding carboxylic acids is 1. The van der Waals surface area contributed by atoms with Gasteiger partial charge in [0, 0.05) is 23.5 Å². The molecule has 0 aliphatic carbocycles. The average molecular weight is 322 g/mol. The van der Waals surface area contributed by atoms with Gasteiger partial charge in [-0.2, -0.15) is 11.8 Å². The van der Waals surface area contributed by atoms with Gasteiger partial charge in [0.2, 0.25) is 0 Å². The van der Waals surface area contributed by atoms with Gasteiger partial charge in [0.1, 0.15) is 5.60 Å². The molecule has 22 heavy (non-hydrogen) atoms. The summed E-state index contributed by atoms with van der Waals surface area (Å²) in [6, 6.07) is 8.61. The van der Waals surface area contributed by atoms with Crippen molar-refractivity contribution in [3.8, 4) is 0 Å². The molecule has 1 aliphatic rings. The van der Waals surface area contributed by atoms with E-state index in [2.05, 4.69) is 23.6 Å². The van der Waals surface area contributed by atoms with E-state index in [1.165, 1.54) is 12.2 Å². The summed E-state index contributed by atoms with van der Waals surface area (Å²) in [5.41, 5.74) is 1.70. The van der Waals surface area contributed by atoms with E-state index in [1.54, 1.807) is 0 Å². The molecule has 0 spiro atoms. The molecule has 4 nitrogen and oxygen atoms in total. The van der Waals surface area contributed by atoms with E-state index in [0.717, 1.165) is 11.3 Å². The van der Waals surface area contributed by atoms with Crippen molar-refractivity contribution >= 4 is 23.5 Å². The third-order valence-corrected chi connectivity index (χ3v) is 4.88. The number of amides is 1. The molecule has 2 rings (SSSR count). The van der Waals surface area contributed by atoms with Crippen molar-refractivity contribution in [2.75, 3.05) is 11.1 Å². The lowest BCUT2D eigenvalue weighted by molar-refractivity contribution is 0.0523. The van der Waals surface area contributed by atoms with Crippen molar-refractivity contribution in [3.05, 3.63) is 29.8 Å². The Bertz CT molecular complexity index is 514. The summed E-state index contributed by atoms with van der Waals surface area (Å²) in [6.45, 7) is 8.31. The smallest absolute Gasteiger partial charge is 0.407 e. The quantitative estimate of drug-likeness (QED) is 0.879. The molecular weight excluding hydrogens is 296 g/mol. The predicted octanol–water partition coefficient (Wildman–Crippen LogP) is 4.02. The number of anilines is 1. The van der Waals surface area contributed by atoms with E-state index in [9.17, 15) is 4.79 Å². The molecule has 2 N–H and O–H groups in total. The zero-order chi connectivity index (χ0) is 16.2. The molecular formula is C17H26N2O2S. The Morgan fingerprint density at radius 2 is 2.09 bits per heavy atom. The first-order valence-electron chi connectivity index (χ1n) is 7.78. The van der Waals surface area contributed by atoms with Gasteiger partial charge in [-0.15, -0.1) is 0 Å². The highest BCUT2D eigenvalue weighted by atomic mass is 32.2. The standard InChI is InChI=1S/C17H26N2O2S/c1-12-14(9-10-22-12)19-15-8-6-5-7-13(15)11-18-16(20)21-17(2,3)4/h5-8,12,14,19H,9-11H2,1-4H3,(H,18,20). The Kier molecular flexibility index (Phi) is 5.62. The van der Waals surface area contributed by atoms with Crippen molar-refractivity contribution in [1.29, 1.82) is 0 Å². The maximum Gasteiger partial charge on any atom is 0.407 e. The molecule has 1 saturated heterocycles. The third kappa shape index (κ3) is 5.13. The summed E-state index contributed by atoms with van der Waals surface area (Å²) >= 11 is 2.00. The van der Waals surface area contributed by atoms with Gasteiger partial charge in [-0.05, 0) is 44.6 Å². The van der Waals surface area contributed by atoms with Gasteiger partial charge in [-0.25, -0.2) is 4.79 Å². The number of thioether (sulfide) groups is 1. The molecule has 0 saturated carbocycles. The molecule has 1 amide bonds. The normalized spacial score (nSPS) is 21.5. The first-order valence-corrected chi connectivity index (χ1v) is 8.83. The van der Waals surface area contributed by atoms with Gasteiger partial charge in [0.25, 0.3) is 0 Å². The minimum Gasteiger partial charge on any atom is -0.444 e. The van der Waals surface area contributed by atoms with Gasteiger partial charge in [-0.1, -0.05) is 25.1 Å². The van der Waals surface area contributed by atoms with Crippen LogP contribution in [0.3, 0.4) is 0 Å². The zero-order valence-electron chi connectivity index (χ0n) is 13.8. The highest BCUT2D eigenvalue weighted by Crippen LogP contribution is 2.29. The fraction of sp³-hybridized carbons (Fsp3) is 0.588. The molecule has 0 aromatic heterocycles. The summed E-state index contributed by atoms with van der Waals surface area (Å²) < 4.78 is 5.28. The lowest BCUT2D eigenvalue weighted by Gasteiger charge is -2.22. The second-order valence-electron chi connectivity index (χ2n) is 6.63. The van der Waals surface area contributed by atoms with E-state index < -0.39 is 5.60 Å². The molecule has 2 atom stereocenters. The van der Waals surface area contributed by atoms with Crippen LogP contribution in [0.15, 0.2) is 24.3 Å². The van der Waals surface area contributed by atoms with Crippen LogP contribution in [-0.2, 0) is 11.3 Å². The Balaban J connectivity index is 1.95. The van der Waals surface area contributed by atoms with E-state index in [1.807, 2.05) is 50.7 Å². The van der Waals surface area contributed by atoms with Crippen molar-refractivity contribution < 1.29 is 9.53 Å². The fourth-order valence-corrected chi connectivity index (χ4v) is 3.62. The Hall–Kier alpha value is -1.36. The average Bonchev–Trinajstić information content (AvgIpc) is 2.81. The number of rotatable bonds is 4. The van der Waals surface area contributed by atoms with Crippen LogP contribution in [0.1, 0.15) is 39.7 Å². The molecule has 2 unspecified atom stereocenters. The zero-order valence-corrected chi connectivity index (χ0v) is 14.6. The second-order valence-corrected chi connectivity index (χ2v) is 8.11. The number of ether oxygens (including phenoxy) is 1. The Morgan fingerprint density at radius 1 is 1.36 bits per heavy atom. The van der Waals surface area contributed by atoms with Gasteiger partial charge in [0.15, 0.2) is 0 Å². The van der Waals surface area contributed by atoms with Crippen molar-refractivity contribution in [2.45, 2.75) is 57.6 Å². The van der Waals surface area contributed by atoms with Crippen LogP contribution >= 0.6 is 11.8 Å². The molecule has 1 fully saturated rings. The molecule has 0 radical (unpaired) electrons. The predicted molar refractivity (Wildman–Crippen MR) is 93.5 cm³/mol. The molecule has 0 bridgehead atoms. The Labute approximate surface area is 137 Å². The van der Waals surface area contributed by atoms with Crippen LogP contribution < -0.4 is 10.6 Å². The summed E-state index contributed by atoms with van der Waals surface area (Å²) in [6.07, 6.45) is 0.798. The molecule has 1 aromatic rings. The summed E-state index contributed by atoms with van der Waals surface area (Å²) in [5, 5.41) is 7.06. The van der Waals surface area contributed by atoms with Crippen LogP contribution in [0.25, 0.3) is 0 Å². The van der Waals surface area contributed by atoms with E-state index in [-0.39, 0.29) is 6.09 Å². The molecule has 5 heteroatoms. The van der Waals surface area contributed by atoms with Crippen LogP contribution in [0.5, 0.6) is 0 Å². The van der Waals surface area contributed by atoms with Crippen LogP contribution in [-0.4, -0.2) is 28.7 Å².